The van der Waals surface area contributed by atoms with Gasteiger partial charge >= 0.3 is 5.63 Å². The zero-order valence-electron chi connectivity index (χ0n) is 18.0. The molecular weight excluding hydrogens is 374 g/mol. The van der Waals surface area contributed by atoms with E-state index in [9.17, 15) is 4.79 Å². The summed E-state index contributed by atoms with van der Waals surface area (Å²) < 4.78 is 12.1. The van der Waals surface area contributed by atoms with Crippen LogP contribution in [-0.4, -0.2) is 25.5 Å². The summed E-state index contributed by atoms with van der Waals surface area (Å²) in [6, 6.07) is 18.2. The first-order valence-electron chi connectivity index (χ1n) is 11.0. The monoisotopic (exact) mass is 405 g/mol. The fraction of sp³-hybridized carbons (Fsp3) is 0.423. The molecule has 1 aliphatic carbocycles. The van der Waals surface area contributed by atoms with Crippen LogP contribution in [0.15, 0.2) is 63.8 Å². The maximum atomic E-state index is 12.7. The smallest absolute Gasteiger partial charge is 0.339 e. The summed E-state index contributed by atoms with van der Waals surface area (Å²) in [4.78, 5) is 14.8. The van der Waals surface area contributed by atoms with E-state index in [1.165, 1.54) is 19.3 Å². The Kier molecular flexibility index (Phi) is 6.53. The Bertz CT molecular complexity index is 1020. The summed E-state index contributed by atoms with van der Waals surface area (Å²) in [7, 11) is 4.13. The van der Waals surface area contributed by atoms with Gasteiger partial charge in [-0.3, -0.25) is 0 Å². The van der Waals surface area contributed by atoms with Crippen LogP contribution in [0.3, 0.4) is 0 Å². The molecule has 1 atom stereocenters. The number of fused-ring (bicyclic) bond motifs is 1. The molecular formula is C26H31NO3. The minimum Gasteiger partial charge on any atom is -0.486 e. The van der Waals surface area contributed by atoms with Gasteiger partial charge in [0.05, 0.1) is 0 Å². The zero-order valence-corrected chi connectivity index (χ0v) is 18.0. The average molecular weight is 406 g/mol. The molecule has 1 aliphatic rings. The summed E-state index contributed by atoms with van der Waals surface area (Å²) in [5, 5.41) is 0.965. The van der Waals surface area contributed by atoms with E-state index < -0.39 is 0 Å². The molecule has 4 heteroatoms. The molecule has 1 unspecified atom stereocenters. The van der Waals surface area contributed by atoms with E-state index in [4.69, 9.17) is 9.15 Å². The number of rotatable bonds is 7. The maximum absolute atomic E-state index is 12.7. The molecule has 0 N–H and O–H groups in total. The summed E-state index contributed by atoms with van der Waals surface area (Å²) in [6.07, 6.45) is 6.65. The van der Waals surface area contributed by atoms with Crippen LogP contribution in [-0.2, 0) is 0 Å². The molecule has 0 bridgehead atoms. The molecule has 1 fully saturated rings. The predicted molar refractivity (Wildman–Crippen MR) is 121 cm³/mol. The van der Waals surface area contributed by atoms with Gasteiger partial charge in [0.25, 0.3) is 0 Å². The first-order valence-corrected chi connectivity index (χ1v) is 11.0. The fourth-order valence-corrected chi connectivity index (χ4v) is 4.38. The number of hydrogen-bond acceptors (Lipinski definition) is 4. The Labute approximate surface area is 178 Å². The minimum absolute atomic E-state index is 0.0562. The number of benzene rings is 2. The SMILES string of the molecule is CN(C)CCC(Oc1ccc2cc(C3CCCCC3)c(=O)oc2c1)c1ccccc1. The van der Waals surface area contributed by atoms with Crippen molar-refractivity contribution < 1.29 is 9.15 Å². The second kappa shape index (κ2) is 9.48. The lowest BCUT2D eigenvalue weighted by molar-refractivity contribution is 0.179. The van der Waals surface area contributed by atoms with Crippen molar-refractivity contribution in [3.63, 3.8) is 0 Å². The van der Waals surface area contributed by atoms with Crippen LogP contribution >= 0.6 is 0 Å². The van der Waals surface area contributed by atoms with Crippen molar-refractivity contribution in [3.8, 4) is 5.75 Å². The molecule has 4 nitrogen and oxygen atoms in total. The highest BCUT2D eigenvalue weighted by Gasteiger charge is 2.20. The van der Waals surface area contributed by atoms with E-state index >= 15 is 0 Å². The Hall–Kier alpha value is -2.59. The Balaban J connectivity index is 1.59. The second-order valence-corrected chi connectivity index (χ2v) is 8.63. The van der Waals surface area contributed by atoms with Crippen molar-refractivity contribution in [2.24, 2.45) is 0 Å². The lowest BCUT2D eigenvalue weighted by Crippen LogP contribution is -2.18. The van der Waals surface area contributed by atoms with E-state index in [0.717, 1.165) is 48.1 Å². The number of nitrogens with zero attached hydrogens (tertiary/aromatic N) is 1. The molecule has 0 spiro atoms. The predicted octanol–water partition coefficient (Wildman–Crippen LogP) is 5.91. The zero-order chi connectivity index (χ0) is 20.9. The van der Waals surface area contributed by atoms with E-state index in [2.05, 4.69) is 31.1 Å². The van der Waals surface area contributed by atoms with E-state index in [1.54, 1.807) is 0 Å². The molecule has 1 heterocycles. The summed E-state index contributed by atoms with van der Waals surface area (Å²) in [5.74, 6) is 1.06. The van der Waals surface area contributed by atoms with E-state index in [-0.39, 0.29) is 11.7 Å². The fourth-order valence-electron chi connectivity index (χ4n) is 4.38. The molecule has 4 rings (SSSR count). The van der Waals surface area contributed by atoms with Crippen molar-refractivity contribution in [1.82, 2.24) is 4.90 Å². The van der Waals surface area contributed by atoms with E-state index in [0.29, 0.717) is 11.5 Å². The van der Waals surface area contributed by atoms with Gasteiger partial charge in [-0.2, -0.15) is 0 Å². The summed E-state index contributed by atoms with van der Waals surface area (Å²) in [5.41, 5.74) is 2.38. The third-order valence-corrected chi connectivity index (χ3v) is 6.07. The van der Waals surface area contributed by atoms with Crippen LogP contribution in [0.1, 0.15) is 61.7 Å². The van der Waals surface area contributed by atoms with E-state index in [1.807, 2.05) is 42.5 Å². The van der Waals surface area contributed by atoms with Gasteiger partial charge in [-0.05, 0) is 56.6 Å². The molecule has 158 valence electrons. The molecule has 1 aromatic heterocycles. The molecule has 0 radical (unpaired) electrons. The molecule has 30 heavy (non-hydrogen) atoms. The van der Waals surface area contributed by atoms with Gasteiger partial charge in [-0.15, -0.1) is 0 Å². The Morgan fingerprint density at radius 1 is 1.03 bits per heavy atom. The Morgan fingerprint density at radius 3 is 2.53 bits per heavy atom. The van der Waals surface area contributed by atoms with Crippen molar-refractivity contribution in [2.75, 3.05) is 20.6 Å². The van der Waals surface area contributed by atoms with Crippen molar-refractivity contribution in [3.05, 3.63) is 76.1 Å². The molecule has 1 saturated carbocycles. The lowest BCUT2D eigenvalue weighted by atomic mass is 9.84. The Morgan fingerprint density at radius 2 is 1.80 bits per heavy atom. The van der Waals surface area contributed by atoms with Gasteiger partial charge in [0.1, 0.15) is 17.4 Å². The van der Waals surface area contributed by atoms with Crippen LogP contribution in [0, 0.1) is 0 Å². The van der Waals surface area contributed by atoms with Crippen LogP contribution in [0.4, 0.5) is 0 Å². The molecule has 3 aromatic rings. The molecule has 2 aromatic carbocycles. The van der Waals surface area contributed by atoms with Crippen LogP contribution in [0.25, 0.3) is 11.0 Å². The van der Waals surface area contributed by atoms with Crippen molar-refractivity contribution in [1.29, 1.82) is 0 Å². The van der Waals surface area contributed by atoms with Crippen molar-refractivity contribution in [2.45, 2.75) is 50.5 Å². The van der Waals surface area contributed by atoms with Gasteiger partial charge in [-0.1, -0.05) is 49.6 Å². The van der Waals surface area contributed by atoms with Crippen LogP contribution in [0.2, 0.25) is 0 Å². The van der Waals surface area contributed by atoms with Crippen LogP contribution < -0.4 is 10.4 Å². The molecule has 0 amide bonds. The first kappa shape index (κ1) is 20.7. The van der Waals surface area contributed by atoms with Gasteiger partial charge in [0.2, 0.25) is 0 Å². The van der Waals surface area contributed by atoms with Crippen molar-refractivity contribution >= 4 is 11.0 Å². The third-order valence-electron chi connectivity index (χ3n) is 6.07. The largest absolute Gasteiger partial charge is 0.486 e. The first-order chi connectivity index (χ1) is 14.6. The van der Waals surface area contributed by atoms with Gasteiger partial charge < -0.3 is 14.1 Å². The third kappa shape index (κ3) is 4.93. The lowest BCUT2D eigenvalue weighted by Gasteiger charge is -2.22. The summed E-state index contributed by atoms with van der Waals surface area (Å²) in [6.45, 7) is 0.924. The standard InChI is InChI=1S/C26H31NO3/c1-27(2)16-15-24(20-11-7-4-8-12-20)29-22-14-13-21-17-23(19-9-5-3-6-10-19)26(28)30-25(21)18-22/h4,7-8,11-14,17-19,24H,3,5-6,9-10,15-16H2,1-2H3. The van der Waals surface area contributed by atoms with Gasteiger partial charge in [0.15, 0.2) is 0 Å². The van der Waals surface area contributed by atoms with Gasteiger partial charge in [-0.25, -0.2) is 4.79 Å². The maximum Gasteiger partial charge on any atom is 0.339 e. The second-order valence-electron chi connectivity index (χ2n) is 8.63. The highest BCUT2D eigenvalue weighted by atomic mass is 16.5. The minimum atomic E-state index is -0.196. The highest BCUT2D eigenvalue weighted by molar-refractivity contribution is 5.78. The molecule has 0 aliphatic heterocycles. The highest BCUT2D eigenvalue weighted by Crippen LogP contribution is 2.33. The average Bonchev–Trinajstić information content (AvgIpc) is 2.77. The normalized spacial score (nSPS) is 16.1. The van der Waals surface area contributed by atoms with Crippen LogP contribution in [0.5, 0.6) is 5.75 Å². The topological polar surface area (TPSA) is 42.7 Å². The molecule has 0 saturated heterocycles. The number of hydrogen-bond donors (Lipinski definition) is 0. The quantitative estimate of drug-likeness (QED) is 0.458. The van der Waals surface area contributed by atoms with Gasteiger partial charge in [0, 0.05) is 30.0 Å². The number of ether oxygens (including phenoxy) is 1. The summed E-state index contributed by atoms with van der Waals surface area (Å²) >= 11 is 0.